The third-order valence-corrected chi connectivity index (χ3v) is 6.58. The Kier molecular flexibility index (Phi) is 4.27. The van der Waals surface area contributed by atoms with Crippen molar-refractivity contribution in [2.75, 3.05) is 19.6 Å². The molecule has 124 valence electrons. The Morgan fingerprint density at radius 1 is 1.26 bits per heavy atom. The normalized spacial score (nSPS) is 22.6. The smallest absolute Gasteiger partial charge is 0.248 e. The summed E-state index contributed by atoms with van der Waals surface area (Å²) in [6, 6.07) is 9.94. The highest BCUT2D eigenvalue weighted by molar-refractivity contribution is 7.89. The lowest BCUT2D eigenvalue weighted by atomic mass is 9.89. The summed E-state index contributed by atoms with van der Waals surface area (Å²) in [6.07, 6.45) is 0. The minimum absolute atomic E-state index is 0.104. The first kappa shape index (κ1) is 16.2. The van der Waals surface area contributed by atoms with E-state index in [1.165, 1.54) is 4.31 Å². The molecule has 0 amide bonds. The summed E-state index contributed by atoms with van der Waals surface area (Å²) < 4.78 is 32.5. The monoisotopic (exact) mass is 335 g/mol. The van der Waals surface area contributed by atoms with E-state index in [1.54, 1.807) is 13.8 Å². The average Bonchev–Trinajstić information content (AvgIpc) is 3.12. The number of benzene rings is 1. The van der Waals surface area contributed by atoms with Crippen LogP contribution < -0.4 is 5.73 Å². The summed E-state index contributed by atoms with van der Waals surface area (Å²) in [5, 5.41) is 3.76. The maximum Gasteiger partial charge on any atom is 0.248 e. The minimum Gasteiger partial charge on any atom is -0.360 e. The van der Waals surface area contributed by atoms with E-state index >= 15 is 0 Å². The van der Waals surface area contributed by atoms with Crippen LogP contribution in [-0.2, 0) is 10.0 Å². The zero-order valence-corrected chi connectivity index (χ0v) is 14.1. The first-order valence-electron chi connectivity index (χ1n) is 7.63. The topological polar surface area (TPSA) is 89.4 Å². The van der Waals surface area contributed by atoms with E-state index in [4.69, 9.17) is 10.3 Å². The number of rotatable bonds is 4. The van der Waals surface area contributed by atoms with Crippen LogP contribution in [0.25, 0.3) is 0 Å². The van der Waals surface area contributed by atoms with Gasteiger partial charge in [-0.15, -0.1) is 0 Å². The molecule has 0 aliphatic carbocycles. The Labute approximate surface area is 136 Å². The van der Waals surface area contributed by atoms with Crippen LogP contribution in [-0.4, -0.2) is 37.5 Å². The van der Waals surface area contributed by atoms with Crippen LogP contribution >= 0.6 is 0 Å². The van der Waals surface area contributed by atoms with E-state index in [-0.39, 0.29) is 16.7 Å². The molecule has 6 nitrogen and oxygen atoms in total. The van der Waals surface area contributed by atoms with Crippen LogP contribution in [0.2, 0.25) is 0 Å². The van der Waals surface area contributed by atoms with Crippen LogP contribution in [0.15, 0.2) is 39.8 Å². The van der Waals surface area contributed by atoms with Gasteiger partial charge in [0.05, 0.1) is 0 Å². The molecular formula is C16H21N3O3S. The predicted molar refractivity (Wildman–Crippen MR) is 86.5 cm³/mol. The zero-order valence-electron chi connectivity index (χ0n) is 13.3. The molecule has 7 heteroatoms. The maximum atomic E-state index is 13.0. The molecule has 1 aromatic heterocycles. The summed E-state index contributed by atoms with van der Waals surface area (Å²) in [7, 11) is -3.62. The second-order valence-electron chi connectivity index (χ2n) is 5.99. The van der Waals surface area contributed by atoms with Crippen molar-refractivity contribution < 1.29 is 12.9 Å². The summed E-state index contributed by atoms with van der Waals surface area (Å²) in [6.45, 7) is 4.57. The van der Waals surface area contributed by atoms with Gasteiger partial charge in [-0.3, -0.25) is 0 Å². The Hall–Kier alpha value is -1.70. The standard InChI is InChI=1S/C16H21N3O3S/c1-11-16(12(2)22-18-11)23(20,21)19-9-14(8-17)15(10-19)13-6-4-3-5-7-13/h3-7,14-15H,8-10,17H2,1-2H3/t14-,15+/m1/s1. The number of sulfonamides is 1. The van der Waals surface area contributed by atoms with Gasteiger partial charge in [0.25, 0.3) is 0 Å². The molecule has 1 fully saturated rings. The quantitative estimate of drug-likeness (QED) is 0.918. The molecule has 1 aliphatic rings. The minimum atomic E-state index is -3.62. The molecule has 2 atom stereocenters. The summed E-state index contributed by atoms with van der Waals surface area (Å²) in [5.41, 5.74) is 7.42. The number of nitrogens with zero attached hydrogens (tertiary/aromatic N) is 2. The van der Waals surface area contributed by atoms with Crippen molar-refractivity contribution in [1.29, 1.82) is 0 Å². The van der Waals surface area contributed by atoms with E-state index in [2.05, 4.69) is 5.16 Å². The molecule has 0 saturated carbocycles. The fraction of sp³-hybridized carbons (Fsp3) is 0.438. The predicted octanol–water partition coefficient (Wildman–Crippen LogP) is 1.65. The number of nitrogens with two attached hydrogens (primary N) is 1. The molecule has 0 radical (unpaired) electrons. The summed E-state index contributed by atoms with van der Waals surface area (Å²) in [4.78, 5) is 0.182. The van der Waals surface area contributed by atoms with E-state index in [1.807, 2.05) is 30.3 Å². The van der Waals surface area contributed by atoms with Gasteiger partial charge in [-0.2, -0.15) is 4.31 Å². The van der Waals surface area contributed by atoms with E-state index in [0.717, 1.165) is 5.56 Å². The third kappa shape index (κ3) is 2.80. The van der Waals surface area contributed by atoms with Gasteiger partial charge in [0.15, 0.2) is 5.76 Å². The van der Waals surface area contributed by atoms with Crippen molar-refractivity contribution in [2.45, 2.75) is 24.7 Å². The van der Waals surface area contributed by atoms with Crippen molar-refractivity contribution >= 4 is 10.0 Å². The molecule has 2 heterocycles. The second kappa shape index (κ2) is 6.07. The molecule has 3 rings (SSSR count). The van der Waals surface area contributed by atoms with Gasteiger partial charge in [0, 0.05) is 19.0 Å². The van der Waals surface area contributed by atoms with E-state index in [9.17, 15) is 8.42 Å². The van der Waals surface area contributed by atoms with Crippen LogP contribution in [0.3, 0.4) is 0 Å². The molecule has 0 spiro atoms. The number of aryl methyl sites for hydroxylation is 2. The molecule has 2 N–H and O–H groups in total. The van der Waals surface area contributed by atoms with Gasteiger partial charge in [0.2, 0.25) is 10.0 Å². The van der Waals surface area contributed by atoms with Gasteiger partial charge in [-0.25, -0.2) is 8.42 Å². The highest BCUT2D eigenvalue weighted by Gasteiger charge is 2.41. The van der Waals surface area contributed by atoms with Gasteiger partial charge >= 0.3 is 0 Å². The second-order valence-corrected chi connectivity index (χ2v) is 7.86. The molecule has 2 aromatic rings. The Morgan fingerprint density at radius 2 is 1.96 bits per heavy atom. The van der Waals surface area contributed by atoms with Gasteiger partial charge in [0.1, 0.15) is 10.6 Å². The van der Waals surface area contributed by atoms with Crippen molar-refractivity contribution in [3.05, 3.63) is 47.3 Å². The first-order valence-corrected chi connectivity index (χ1v) is 9.07. The molecule has 1 aliphatic heterocycles. The van der Waals surface area contributed by atoms with Crippen LogP contribution in [0, 0.1) is 19.8 Å². The van der Waals surface area contributed by atoms with Crippen LogP contribution in [0.4, 0.5) is 0 Å². The lowest BCUT2D eigenvalue weighted by Crippen LogP contribution is -2.30. The van der Waals surface area contributed by atoms with Gasteiger partial charge in [-0.1, -0.05) is 35.5 Å². The molecule has 0 unspecified atom stereocenters. The zero-order chi connectivity index (χ0) is 16.6. The van der Waals surface area contributed by atoms with E-state index in [0.29, 0.717) is 31.1 Å². The van der Waals surface area contributed by atoms with Crippen molar-refractivity contribution in [1.82, 2.24) is 9.46 Å². The molecule has 1 aromatic carbocycles. The SMILES string of the molecule is Cc1noc(C)c1S(=O)(=O)N1C[C@@H](CN)[C@H](c2ccccc2)C1. The number of hydrogen-bond acceptors (Lipinski definition) is 5. The largest absolute Gasteiger partial charge is 0.360 e. The highest BCUT2D eigenvalue weighted by Crippen LogP contribution is 2.36. The Bertz CT molecular complexity index is 767. The average molecular weight is 335 g/mol. The third-order valence-electron chi connectivity index (χ3n) is 4.50. The lowest BCUT2D eigenvalue weighted by Gasteiger charge is -2.16. The maximum absolute atomic E-state index is 13.0. The number of hydrogen-bond donors (Lipinski definition) is 1. The lowest BCUT2D eigenvalue weighted by molar-refractivity contribution is 0.389. The first-order chi connectivity index (χ1) is 10.9. The van der Waals surface area contributed by atoms with Crippen LogP contribution in [0.5, 0.6) is 0 Å². The molecule has 0 bridgehead atoms. The van der Waals surface area contributed by atoms with Crippen molar-refractivity contribution in [3.8, 4) is 0 Å². The molecule has 23 heavy (non-hydrogen) atoms. The van der Waals surface area contributed by atoms with Gasteiger partial charge in [-0.05, 0) is 31.9 Å². The van der Waals surface area contributed by atoms with Crippen molar-refractivity contribution in [2.24, 2.45) is 11.7 Å². The Balaban J connectivity index is 1.94. The molecular weight excluding hydrogens is 314 g/mol. The van der Waals surface area contributed by atoms with Crippen molar-refractivity contribution in [3.63, 3.8) is 0 Å². The van der Waals surface area contributed by atoms with Crippen LogP contribution in [0.1, 0.15) is 22.9 Å². The summed E-state index contributed by atoms with van der Waals surface area (Å²) >= 11 is 0. The Morgan fingerprint density at radius 3 is 2.52 bits per heavy atom. The highest BCUT2D eigenvalue weighted by atomic mass is 32.2. The van der Waals surface area contributed by atoms with E-state index < -0.39 is 10.0 Å². The van der Waals surface area contributed by atoms with Gasteiger partial charge < -0.3 is 10.3 Å². The summed E-state index contributed by atoms with van der Waals surface area (Å²) in [5.74, 6) is 0.541. The fourth-order valence-electron chi connectivity index (χ4n) is 3.32. The number of aromatic nitrogens is 1. The fourth-order valence-corrected chi connectivity index (χ4v) is 5.13. The molecule has 1 saturated heterocycles.